The molecule has 1 aromatic carbocycles. The van der Waals surface area contributed by atoms with E-state index in [0.29, 0.717) is 17.8 Å². The molecule has 3 nitrogen and oxygen atoms in total. The number of nitrogens with one attached hydrogen (secondary N) is 1. The summed E-state index contributed by atoms with van der Waals surface area (Å²) in [6.45, 7) is 2.49. The first kappa shape index (κ1) is 14.5. The summed E-state index contributed by atoms with van der Waals surface area (Å²) in [5, 5.41) is 3.12. The number of rotatable bonds is 4. The molecular weight excluding hydrogens is 267 g/mol. The van der Waals surface area contributed by atoms with Crippen molar-refractivity contribution >= 4 is 0 Å². The average Bonchev–Trinajstić information content (AvgIpc) is 2.45. The van der Waals surface area contributed by atoms with E-state index in [2.05, 4.69) is 15.3 Å². The Morgan fingerprint density at radius 2 is 2.05 bits per heavy atom. The first-order valence-electron chi connectivity index (χ1n) is 6.19. The number of nitrogens with zero attached hydrogens (tertiary/aromatic N) is 2. The van der Waals surface area contributed by atoms with Gasteiger partial charge in [0.15, 0.2) is 0 Å². The van der Waals surface area contributed by atoms with Crippen molar-refractivity contribution in [3.05, 3.63) is 59.7 Å². The van der Waals surface area contributed by atoms with Crippen molar-refractivity contribution < 1.29 is 13.2 Å². The van der Waals surface area contributed by atoms with Crippen LogP contribution in [0.2, 0.25) is 0 Å². The average molecular weight is 281 g/mol. The Balaban J connectivity index is 2.40. The molecule has 0 saturated carbocycles. The van der Waals surface area contributed by atoms with Crippen molar-refractivity contribution in [2.45, 2.75) is 19.1 Å². The molecule has 0 saturated heterocycles. The highest BCUT2D eigenvalue weighted by atomic mass is 19.4. The molecule has 1 aromatic heterocycles. The number of hydrogen-bond donors (Lipinski definition) is 1. The van der Waals surface area contributed by atoms with Crippen LogP contribution >= 0.6 is 0 Å². The molecule has 1 N–H and O–H groups in total. The zero-order chi connectivity index (χ0) is 14.6. The van der Waals surface area contributed by atoms with E-state index in [4.69, 9.17) is 0 Å². The quantitative estimate of drug-likeness (QED) is 0.935. The zero-order valence-corrected chi connectivity index (χ0v) is 10.9. The molecule has 2 aromatic rings. The summed E-state index contributed by atoms with van der Waals surface area (Å²) in [6, 6.07) is 4.84. The van der Waals surface area contributed by atoms with Crippen molar-refractivity contribution in [2.75, 3.05) is 6.54 Å². The van der Waals surface area contributed by atoms with Gasteiger partial charge in [-0.3, -0.25) is 9.97 Å². The van der Waals surface area contributed by atoms with E-state index in [1.165, 1.54) is 18.5 Å². The monoisotopic (exact) mass is 281 g/mol. The van der Waals surface area contributed by atoms with Crippen molar-refractivity contribution in [1.82, 2.24) is 15.3 Å². The third-order valence-corrected chi connectivity index (χ3v) is 2.83. The Kier molecular flexibility index (Phi) is 4.34. The van der Waals surface area contributed by atoms with Gasteiger partial charge in [0.2, 0.25) is 0 Å². The molecule has 0 amide bonds. The molecule has 20 heavy (non-hydrogen) atoms. The maximum absolute atomic E-state index is 12.8. The van der Waals surface area contributed by atoms with Crippen molar-refractivity contribution in [1.29, 1.82) is 0 Å². The Morgan fingerprint density at radius 1 is 1.25 bits per heavy atom. The lowest BCUT2D eigenvalue weighted by atomic mass is 10.0. The molecule has 1 heterocycles. The lowest BCUT2D eigenvalue weighted by Crippen LogP contribution is -2.23. The maximum Gasteiger partial charge on any atom is 0.416 e. The van der Waals surface area contributed by atoms with Gasteiger partial charge in [-0.05, 0) is 24.2 Å². The van der Waals surface area contributed by atoms with Crippen LogP contribution in [0.25, 0.3) is 0 Å². The molecule has 2 rings (SSSR count). The summed E-state index contributed by atoms with van der Waals surface area (Å²) < 4.78 is 38.3. The SMILES string of the molecule is CCNC(c1cccc(C(F)(F)F)c1)c1cnccn1. The van der Waals surface area contributed by atoms with Gasteiger partial charge in [-0.25, -0.2) is 0 Å². The van der Waals surface area contributed by atoms with Gasteiger partial charge in [-0.1, -0.05) is 19.1 Å². The summed E-state index contributed by atoms with van der Waals surface area (Å²) in [5.41, 5.74) is 0.442. The predicted molar refractivity (Wildman–Crippen MR) is 69.0 cm³/mol. The molecule has 0 radical (unpaired) electrons. The number of halogens is 3. The van der Waals surface area contributed by atoms with Crippen LogP contribution in [0.15, 0.2) is 42.9 Å². The molecule has 1 atom stereocenters. The highest BCUT2D eigenvalue weighted by Crippen LogP contribution is 2.31. The topological polar surface area (TPSA) is 37.8 Å². The first-order chi connectivity index (χ1) is 9.52. The lowest BCUT2D eigenvalue weighted by molar-refractivity contribution is -0.137. The second-order valence-corrected chi connectivity index (χ2v) is 4.24. The number of benzene rings is 1. The van der Waals surface area contributed by atoms with Crippen molar-refractivity contribution in [2.24, 2.45) is 0 Å². The largest absolute Gasteiger partial charge is 0.416 e. The summed E-state index contributed by atoms with van der Waals surface area (Å²) in [4.78, 5) is 8.12. The van der Waals surface area contributed by atoms with E-state index < -0.39 is 17.8 Å². The molecule has 0 aliphatic heterocycles. The Morgan fingerprint density at radius 3 is 2.65 bits per heavy atom. The van der Waals surface area contributed by atoms with Crippen LogP contribution in [0, 0.1) is 0 Å². The second-order valence-electron chi connectivity index (χ2n) is 4.24. The molecule has 106 valence electrons. The van der Waals surface area contributed by atoms with Crippen molar-refractivity contribution in [3.63, 3.8) is 0 Å². The second kappa shape index (κ2) is 6.00. The van der Waals surface area contributed by atoms with Gasteiger partial charge in [0.25, 0.3) is 0 Å². The fourth-order valence-electron chi connectivity index (χ4n) is 1.95. The molecule has 0 aliphatic rings. The van der Waals surface area contributed by atoms with E-state index in [1.54, 1.807) is 12.3 Å². The van der Waals surface area contributed by atoms with Crippen LogP contribution in [0.1, 0.15) is 29.8 Å². The summed E-state index contributed by atoms with van der Waals surface area (Å²) >= 11 is 0. The fraction of sp³-hybridized carbons (Fsp3) is 0.286. The number of hydrogen-bond acceptors (Lipinski definition) is 3. The van der Waals surface area contributed by atoms with E-state index in [0.717, 1.165) is 12.1 Å². The lowest BCUT2D eigenvalue weighted by Gasteiger charge is -2.18. The molecule has 6 heteroatoms. The molecule has 1 unspecified atom stereocenters. The van der Waals surface area contributed by atoms with E-state index in [1.807, 2.05) is 6.92 Å². The van der Waals surface area contributed by atoms with Gasteiger partial charge >= 0.3 is 6.18 Å². The van der Waals surface area contributed by atoms with Gasteiger partial charge in [0.1, 0.15) is 0 Å². The van der Waals surface area contributed by atoms with Gasteiger partial charge in [-0.2, -0.15) is 13.2 Å². The Labute approximate surface area is 114 Å². The van der Waals surface area contributed by atoms with E-state index >= 15 is 0 Å². The minimum atomic E-state index is -4.35. The molecular formula is C14H14F3N3. The minimum Gasteiger partial charge on any atom is -0.305 e. The van der Waals surface area contributed by atoms with Gasteiger partial charge in [-0.15, -0.1) is 0 Å². The molecule has 0 bridgehead atoms. The van der Waals surface area contributed by atoms with Crippen LogP contribution in [0.4, 0.5) is 13.2 Å². The Hall–Kier alpha value is -1.95. The van der Waals surface area contributed by atoms with Crippen LogP contribution in [-0.4, -0.2) is 16.5 Å². The predicted octanol–water partition coefficient (Wildman–Crippen LogP) is 3.19. The summed E-state index contributed by atoms with van der Waals surface area (Å²) in [6.07, 6.45) is 0.245. The van der Waals surface area contributed by atoms with Gasteiger partial charge < -0.3 is 5.32 Å². The third kappa shape index (κ3) is 3.33. The molecule has 0 aliphatic carbocycles. The number of alkyl halides is 3. The maximum atomic E-state index is 12.8. The standard InChI is InChI=1S/C14H14F3N3/c1-2-19-13(12-9-18-6-7-20-12)10-4-3-5-11(8-10)14(15,16)17/h3-9,13,19H,2H2,1H3. The summed E-state index contributed by atoms with van der Waals surface area (Å²) in [7, 11) is 0. The smallest absolute Gasteiger partial charge is 0.305 e. The highest BCUT2D eigenvalue weighted by molar-refractivity contribution is 5.32. The Bertz CT molecular complexity index is 555. The van der Waals surface area contributed by atoms with Crippen molar-refractivity contribution in [3.8, 4) is 0 Å². The highest BCUT2D eigenvalue weighted by Gasteiger charge is 2.31. The number of aromatic nitrogens is 2. The van der Waals surface area contributed by atoms with E-state index in [-0.39, 0.29) is 0 Å². The van der Waals surface area contributed by atoms with E-state index in [9.17, 15) is 13.2 Å². The van der Waals surface area contributed by atoms with Crippen LogP contribution in [0.5, 0.6) is 0 Å². The normalized spacial score (nSPS) is 13.2. The third-order valence-electron chi connectivity index (χ3n) is 2.83. The minimum absolute atomic E-state index is 0.406. The summed E-state index contributed by atoms with van der Waals surface area (Å²) in [5.74, 6) is 0. The molecule has 0 spiro atoms. The van der Waals surface area contributed by atoms with Crippen LogP contribution < -0.4 is 5.32 Å². The van der Waals surface area contributed by atoms with Gasteiger partial charge in [0.05, 0.1) is 23.5 Å². The molecule has 0 fully saturated rings. The van der Waals surface area contributed by atoms with Crippen LogP contribution in [0.3, 0.4) is 0 Å². The first-order valence-corrected chi connectivity index (χ1v) is 6.19. The van der Waals surface area contributed by atoms with Gasteiger partial charge in [0, 0.05) is 12.4 Å². The van der Waals surface area contributed by atoms with Crippen LogP contribution in [-0.2, 0) is 6.18 Å². The fourth-order valence-corrected chi connectivity index (χ4v) is 1.95. The zero-order valence-electron chi connectivity index (χ0n) is 10.9.